The fourth-order valence-corrected chi connectivity index (χ4v) is 2.38. The van der Waals surface area contributed by atoms with Crippen molar-refractivity contribution in [1.29, 1.82) is 0 Å². The Hall–Kier alpha value is -0.380. The topological polar surface area (TPSA) is 41.3 Å². The Morgan fingerprint density at radius 1 is 1.60 bits per heavy atom. The second-order valence-electron chi connectivity index (χ2n) is 5.25. The molecular weight excluding hydrogens is 186 g/mol. The minimum absolute atomic E-state index is 0.154. The Labute approximate surface area is 92.7 Å². The highest BCUT2D eigenvalue weighted by Gasteiger charge is 2.41. The summed E-state index contributed by atoms with van der Waals surface area (Å²) in [5, 5.41) is 3.59. The third-order valence-electron chi connectivity index (χ3n) is 3.60. The molecule has 15 heavy (non-hydrogen) atoms. The van der Waals surface area contributed by atoms with E-state index >= 15 is 0 Å². The van der Waals surface area contributed by atoms with Gasteiger partial charge in [-0.2, -0.15) is 0 Å². The van der Waals surface area contributed by atoms with Crippen LogP contribution in [-0.2, 0) is 0 Å². The van der Waals surface area contributed by atoms with Crippen molar-refractivity contribution in [3.8, 4) is 0 Å². The van der Waals surface area contributed by atoms with Crippen LogP contribution >= 0.6 is 0 Å². The average molecular weight is 209 g/mol. The highest BCUT2D eigenvalue weighted by atomic mass is 15.3. The molecule has 1 unspecified atom stereocenters. The molecule has 1 aliphatic carbocycles. The van der Waals surface area contributed by atoms with Crippen molar-refractivity contribution in [3.05, 3.63) is 12.2 Å². The van der Waals surface area contributed by atoms with Crippen LogP contribution in [0.4, 0.5) is 0 Å². The largest absolute Gasteiger partial charge is 0.329 e. The SMILES string of the molecule is C=C(C)CNC1(CN)CCN(C2CC2)C1. The van der Waals surface area contributed by atoms with Crippen LogP contribution in [0.5, 0.6) is 0 Å². The van der Waals surface area contributed by atoms with Crippen molar-refractivity contribution in [1.82, 2.24) is 10.2 Å². The van der Waals surface area contributed by atoms with E-state index in [1.807, 2.05) is 0 Å². The van der Waals surface area contributed by atoms with Crippen molar-refractivity contribution >= 4 is 0 Å². The minimum atomic E-state index is 0.154. The lowest BCUT2D eigenvalue weighted by atomic mass is 9.98. The molecule has 3 N–H and O–H groups in total. The number of nitrogens with one attached hydrogen (secondary N) is 1. The first-order chi connectivity index (χ1) is 7.15. The summed E-state index contributed by atoms with van der Waals surface area (Å²) >= 11 is 0. The first-order valence-electron chi connectivity index (χ1n) is 5.99. The molecule has 0 bridgehead atoms. The molecule has 3 nitrogen and oxygen atoms in total. The maximum absolute atomic E-state index is 5.92. The van der Waals surface area contributed by atoms with E-state index in [4.69, 9.17) is 5.73 Å². The monoisotopic (exact) mass is 209 g/mol. The fourth-order valence-electron chi connectivity index (χ4n) is 2.38. The summed E-state index contributed by atoms with van der Waals surface area (Å²) in [6, 6.07) is 0.866. The Morgan fingerprint density at radius 2 is 2.33 bits per heavy atom. The van der Waals surface area contributed by atoms with Gasteiger partial charge < -0.3 is 11.1 Å². The number of rotatable bonds is 5. The normalized spacial score (nSPS) is 32.1. The Kier molecular flexibility index (Phi) is 3.14. The van der Waals surface area contributed by atoms with Crippen molar-refractivity contribution in [2.45, 2.75) is 37.8 Å². The summed E-state index contributed by atoms with van der Waals surface area (Å²) in [5.74, 6) is 0. The van der Waals surface area contributed by atoms with Gasteiger partial charge in [0.15, 0.2) is 0 Å². The van der Waals surface area contributed by atoms with Crippen LogP contribution in [0.1, 0.15) is 26.2 Å². The van der Waals surface area contributed by atoms with Gasteiger partial charge in [0.05, 0.1) is 0 Å². The fraction of sp³-hybridized carbons (Fsp3) is 0.833. The van der Waals surface area contributed by atoms with E-state index in [0.717, 1.165) is 25.7 Å². The summed E-state index contributed by atoms with van der Waals surface area (Å²) in [4.78, 5) is 2.60. The second kappa shape index (κ2) is 4.24. The van der Waals surface area contributed by atoms with Gasteiger partial charge in [0.2, 0.25) is 0 Å². The molecule has 1 heterocycles. The van der Waals surface area contributed by atoms with Crippen LogP contribution in [0.2, 0.25) is 0 Å². The van der Waals surface area contributed by atoms with E-state index in [2.05, 4.69) is 23.7 Å². The maximum atomic E-state index is 5.92. The zero-order chi connectivity index (χ0) is 10.9. The van der Waals surface area contributed by atoms with Crippen molar-refractivity contribution < 1.29 is 0 Å². The lowest BCUT2D eigenvalue weighted by molar-refractivity contribution is 0.280. The highest BCUT2D eigenvalue weighted by Crippen LogP contribution is 2.33. The molecule has 0 aromatic carbocycles. The summed E-state index contributed by atoms with van der Waals surface area (Å²) in [6.45, 7) is 9.97. The molecule has 0 spiro atoms. The molecule has 2 aliphatic rings. The standard InChI is InChI=1S/C12H23N3/c1-10(2)7-14-12(8-13)5-6-15(9-12)11-3-4-11/h11,14H,1,3-9,13H2,2H3. The molecule has 0 aromatic heterocycles. The van der Waals surface area contributed by atoms with E-state index in [-0.39, 0.29) is 5.54 Å². The average Bonchev–Trinajstić information content (AvgIpc) is 2.97. The van der Waals surface area contributed by atoms with E-state index in [1.54, 1.807) is 0 Å². The molecular formula is C12H23N3. The Morgan fingerprint density at radius 3 is 2.87 bits per heavy atom. The van der Waals surface area contributed by atoms with Gasteiger partial charge in [-0.05, 0) is 26.2 Å². The summed E-state index contributed by atoms with van der Waals surface area (Å²) < 4.78 is 0. The number of hydrogen-bond acceptors (Lipinski definition) is 3. The lowest BCUT2D eigenvalue weighted by Crippen LogP contribution is -2.53. The molecule has 1 saturated heterocycles. The molecule has 2 fully saturated rings. The van der Waals surface area contributed by atoms with Crippen molar-refractivity contribution in [2.75, 3.05) is 26.2 Å². The van der Waals surface area contributed by atoms with Gasteiger partial charge in [-0.3, -0.25) is 4.90 Å². The first-order valence-corrected chi connectivity index (χ1v) is 5.99. The lowest BCUT2D eigenvalue weighted by Gasteiger charge is -2.29. The molecule has 3 heteroatoms. The van der Waals surface area contributed by atoms with Crippen LogP contribution in [0, 0.1) is 0 Å². The van der Waals surface area contributed by atoms with Crippen LogP contribution in [0.25, 0.3) is 0 Å². The zero-order valence-corrected chi connectivity index (χ0v) is 9.76. The van der Waals surface area contributed by atoms with Crippen LogP contribution in [0.3, 0.4) is 0 Å². The number of hydrogen-bond donors (Lipinski definition) is 2. The maximum Gasteiger partial charge on any atom is 0.0447 e. The van der Waals surface area contributed by atoms with E-state index in [0.29, 0.717) is 0 Å². The Bertz CT molecular complexity index is 247. The Balaban J connectivity index is 1.88. The molecule has 1 atom stereocenters. The van der Waals surface area contributed by atoms with Crippen molar-refractivity contribution in [3.63, 3.8) is 0 Å². The predicted octanol–water partition coefficient (Wildman–Crippen LogP) is 0.718. The molecule has 0 radical (unpaired) electrons. The smallest absolute Gasteiger partial charge is 0.0447 e. The van der Waals surface area contributed by atoms with Gasteiger partial charge in [0.25, 0.3) is 0 Å². The zero-order valence-electron chi connectivity index (χ0n) is 9.76. The highest BCUT2D eigenvalue weighted by molar-refractivity contribution is 5.05. The van der Waals surface area contributed by atoms with Crippen LogP contribution in [0.15, 0.2) is 12.2 Å². The van der Waals surface area contributed by atoms with Gasteiger partial charge in [-0.25, -0.2) is 0 Å². The number of nitrogens with two attached hydrogens (primary N) is 1. The van der Waals surface area contributed by atoms with Crippen LogP contribution < -0.4 is 11.1 Å². The number of likely N-dealkylation sites (tertiary alicyclic amines) is 1. The second-order valence-corrected chi connectivity index (χ2v) is 5.25. The molecule has 1 saturated carbocycles. The van der Waals surface area contributed by atoms with Crippen molar-refractivity contribution in [2.24, 2.45) is 5.73 Å². The third kappa shape index (κ3) is 2.60. The van der Waals surface area contributed by atoms with E-state index in [9.17, 15) is 0 Å². The summed E-state index contributed by atoms with van der Waals surface area (Å²) in [6.07, 6.45) is 3.97. The minimum Gasteiger partial charge on any atom is -0.329 e. The van der Waals surface area contributed by atoms with Gasteiger partial charge >= 0.3 is 0 Å². The van der Waals surface area contributed by atoms with Gasteiger partial charge in [-0.15, -0.1) is 0 Å². The molecule has 0 amide bonds. The molecule has 1 aliphatic heterocycles. The number of nitrogens with zero attached hydrogens (tertiary/aromatic N) is 1. The molecule has 86 valence electrons. The first kappa shape index (κ1) is 11.1. The van der Waals surface area contributed by atoms with Gasteiger partial charge in [0, 0.05) is 37.8 Å². The predicted molar refractivity (Wildman–Crippen MR) is 63.8 cm³/mol. The summed E-state index contributed by atoms with van der Waals surface area (Å²) in [5.41, 5.74) is 7.26. The van der Waals surface area contributed by atoms with E-state index < -0.39 is 0 Å². The van der Waals surface area contributed by atoms with Gasteiger partial charge in [0.1, 0.15) is 0 Å². The summed E-state index contributed by atoms with van der Waals surface area (Å²) in [7, 11) is 0. The van der Waals surface area contributed by atoms with Gasteiger partial charge in [-0.1, -0.05) is 12.2 Å². The van der Waals surface area contributed by atoms with E-state index in [1.165, 1.54) is 31.4 Å². The quantitative estimate of drug-likeness (QED) is 0.656. The van der Waals surface area contributed by atoms with Crippen LogP contribution in [-0.4, -0.2) is 42.7 Å². The molecule has 0 aromatic rings. The molecule has 2 rings (SSSR count). The third-order valence-corrected chi connectivity index (χ3v) is 3.60.